The Balaban J connectivity index is 2.02. The quantitative estimate of drug-likeness (QED) is 0.905. The van der Waals surface area contributed by atoms with Gasteiger partial charge in [-0.25, -0.2) is 0 Å². The van der Waals surface area contributed by atoms with Gasteiger partial charge < -0.3 is 15.8 Å². The number of carbonyl (C=O) groups excluding carboxylic acids is 2. The predicted octanol–water partition coefficient (Wildman–Crippen LogP) is 2.01. The molecule has 0 saturated carbocycles. The van der Waals surface area contributed by atoms with E-state index in [1.165, 1.54) is 0 Å². The number of nitrogens with one attached hydrogen (secondary N) is 1. The van der Waals surface area contributed by atoms with E-state index in [0.29, 0.717) is 22.6 Å². The highest BCUT2D eigenvalue weighted by atomic mass is 16.5. The minimum Gasteiger partial charge on any atom is -0.462 e. The molecule has 3 rings (SSSR count). The molecule has 0 spiro atoms. The normalized spacial score (nSPS) is 17.1. The standard InChI is InChI=1S/C18H16N2O3/c1-20-18-14(12-8-5-9-13(10-12)17(19)22)15(21)16(23-18)11-6-3-2-4-7-11/h2-10,16,20H,1H3,(H2,19,22). The molecule has 1 atom stereocenters. The summed E-state index contributed by atoms with van der Waals surface area (Å²) in [5.41, 5.74) is 7.47. The molecular formula is C18H16N2O3. The van der Waals surface area contributed by atoms with Crippen molar-refractivity contribution in [3.8, 4) is 0 Å². The summed E-state index contributed by atoms with van der Waals surface area (Å²) < 4.78 is 5.78. The van der Waals surface area contributed by atoms with Gasteiger partial charge in [-0.3, -0.25) is 9.59 Å². The van der Waals surface area contributed by atoms with Crippen LogP contribution in [0.25, 0.3) is 5.57 Å². The van der Waals surface area contributed by atoms with E-state index in [1.807, 2.05) is 30.3 Å². The fourth-order valence-electron chi connectivity index (χ4n) is 2.61. The maximum absolute atomic E-state index is 12.8. The molecule has 1 aliphatic rings. The molecule has 0 bridgehead atoms. The minimum absolute atomic E-state index is 0.151. The monoisotopic (exact) mass is 308 g/mol. The van der Waals surface area contributed by atoms with E-state index in [-0.39, 0.29) is 5.78 Å². The summed E-state index contributed by atoms with van der Waals surface area (Å²) in [6.45, 7) is 0. The summed E-state index contributed by atoms with van der Waals surface area (Å²) in [5.74, 6) is -0.294. The molecular weight excluding hydrogens is 292 g/mol. The molecule has 1 aliphatic heterocycles. The first kappa shape index (κ1) is 14.8. The highest BCUT2D eigenvalue weighted by Gasteiger charge is 2.36. The van der Waals surface area contributed by atoms with Crippen molar-refractivity contribution in [1.82, 2.24) is 5.32 Å². The van der Waals surface area contributed by atoms with Crippen molar-refractivity contribution in [1.29, 1.82) is 0 Å². The van der Waals surface area contributed by atoms with E-state index in [2.05, 4.69) is 5.32 Å². The molecule has 0 aromatic heterocycles. The Morgan fingerprint density at radius 2 is 1.87 bits per heavy atom. The number of rotatable bonds is 4. The van der Waals surface area contributed by atoms with Gasteiger partial charge in [0.1, 0.15) is 0 Å². The lowest BCUT2D eigenvalue weighted by atomic mass is 9.96. The number of Topliss-reactive ketones (excluding diaryl/α,β-unsaturated/α-hetero) is 1. The third kappa shape index (κ3) is 2.68. The van der Waals surface area contributed by atoms with E-state index in [0.717, 1.165) is 5.56 Å². The van der Waals surface area contributed by atoms with Crippen molar-refractivity contribution in [3.63, 3.8) is 0 Å². The van der Waals surface area contributed by atoms with Gasteiger partial charge in [-0.2, -0.15) is 0 Å². The van der Waals surface area contributed by atoms with Crippen LogP contribution in [0.2, 0.25) is 0 Å². The van der Waals surface area contributed by atoms with Crippen LogP contribution in [0.4, 0.5) is 0 Å². The van der Waals surface area contributed by atoms with Crippen LogP contribution in [-0.2, 0) is 9.53 Å². The molecule has 5 nitrogen and oxygen atoms in total. The predicted molar refractivity (Wildman–Crippen MR) is 86.2 cm³/mol. The van der Waals surface area contributed by atoms with Crippen LogP contribution >= 0.6 is 0 Å². The first-order valence-electron chi connectivity index (χ1n) is 7.20. The summed E-state index contributed by atoms with van der Waals surface area (Å²) in [5, 5.41) is 2.91. The molecule has 116 valence electrons. The zero-order chi connectivity index (χ0) is 16.4. The Hall–Kier alpha value is -3.08. The lowest BCUT2D eigenvalue weighted by Gasteiger charge is -2.11. The summed E-state index contributed by atoms with van der Waals surface area (Å²) in [4.78, 5) is 24.2. The van der Waals surface area contributed by atoms with Gasteiger partial charge in [0.2, 0.25) is 11.7 Å². The number of ketones is 1. The molecule has 1 amide bonds. The van der Waals surface area contributed by atoms with Crippen LogP contribution in [-0.4, -0.2) is 18.7 Å². The highest BCUT2D eigenvalue weighted by Crippen LogP contribution is 2.36. The summed E-state index contributed by atoms with van der Waals surface area (Å²) in [6, 6.07) is 16.0. The Kier molecular flexibility index (Phi) is 3.85. The van der Waals surface area contributed by atoms with Gasteiger partial charge in [-0.05, 0) is 17.7 Å². The number of ether oxygens (including phenoxy) is 1. The Morgan fingerprint density at radius 1 is 1.13 bits per heavy atom. The summed E-state index contributed by atoms with van der Waals surface area (Å²) in [7, 11) is 1.69. The number of primary amides is 1. The van der Waals surface area contributed by atoms with Gasteiger partial charge in [0.15, 0.2) is 12.0 Å². The van der Waals surface area contributed by atoms with E-state index in [9.17, 15) is 9.59 Å². The number of hydrogen-bond acceptors (Lipinski definition) is 4. The third-order valence-corrected chi connectivity index (χ3v) is 3.71. The molecule has 1 unspecified atom stereocenters. The lowest BCUT2D eigenvalue weighted by molar-refractivity contribution is -0.120. The number of carbonyl (C=O) groups is 2. The SMILES string of the molecule is CNC1=C(c2cccc(C(N)=O)c2)C(=O)C(c2ccccc2)O1. The van der Waals surface area contributed by atoms with E-state index in [1.54, 1.807) is 31.3 Å². The fraction of sp³-hybridized carbons (Fsp3) is 0.111. The zero-order valence-electron chi connectivity index (χ0n) is 12.6. The van der Waals surface area contributed by atoms with Crippen molar-refractivity contribution in [2.45, 2.75) is 6.10 Å². The van der Waals surface area contributed by atoms with Crippen LogP contribution in [0.3, 0.4) is 0 Å². The fourth-order valence-corrected chi connectivity index (χ4v) is 2.61. The summed E-state index contributed by atoms with van der Waals surface area (Å²) in [6.07, 6.45) is -0.689. The van der Waals surface area contributed by atoms with Crippen LogP contribution in [0.1, 0.15) is 27.6 Å². The number of nitrogens with two attached hydrogens (primary N) is 1. The lowest BCUT2D eigenvalue weighted by Crippen LogP contribution is -2.12. The van der Waals surface area contributed by atoms with E-state index in [4.69, 9.17) is 10.5 Å². The van der Waals surface area contributed by atoms with E-state index >= 15 is 0 Å². The van der Waals surface area contributed by atoms with Crippen molar-refractivity contribution in [2.24, 2.45) is 5.73 Å². The molecule has 0 radical (unpaired) electrons. The van der Waals surface area contributed by atoms with Gasteiger partial charge in [-0.15, -0.1) is 0 Å². The second-order valence-corrected chi connectivity index (χ2v) is 5.17. The van der Waals surface area contributed by atoms with Gasteiger partial charge in [-0.1, -0.05) is 42.5 Å². The maximum Gasteiger partial charge on any atom is 0.248 e. The highest BCUT2D eigenvalue weighted by molar-refractivity contribution is 6.25. The largest absolute Gasteiger partial charge is 0.462 e. The molecule has 5 heteroatoms. The molecule has 1 heterocycles. The van der Waals surface area contributed by atoms with E-state index < -0.39 is 12.0 Å². The van der Waals surface area contributed by atoms with Gasteiger partial charge >= 0.3 is 0 Å². The number of amides is 1. The average Bonchev–Trinajstić information content (AvgIpc) is 2.92. The third-order valence-electron chi connectivity index (χ3n) is 3.71. The molecule has 0 saturated heterocycles. The smallest absolute Gasteiger partial charge is 0.248 e. The molecule has 2 aromatic rings. The van der Waals surface area contributed by atoms with Crippen molar-refractivity contribution in [2.75, 3.05) is 7.05 Å². The maximum atomic E-state index is 12.8. The van der Waals surface area contributed by atoms with Gasteiger partial charge in [0.25, 0.3) is 0 Å². The molecule has 3 N–H and O–H groups in total. The Labute approximate surface area is 133 Å². The molecule has 2 aromatic carbocycles. The second-order valence-electron chi connectivity index (χ2n) is 5.17. The molecule has 23 heavy (non-hydrogen) atoms. The number of hydrogen-bond donors (Lipinski definition) is 2. The van der Waals surface area contributed by atoms with Gasteiger partial charge in [0, 0.05) is 18.2 Å². The first-order valence-corrected chi connectivity index (χ1v) is 7.20. The van der Waals surface area contributed by atoms with Crippen molar-refractivity contribution in [3.05, 3.63) is 77.2 Å². The Bertz CT molecular complexity index is 797. The van der Waals surface area contributed by atoms with Crippen LogP contribution in [0.15, 0.2) is 60.5 Å². The van der Waals surface area contributed by atoms with Crippen molar-refractivity contribution < 1.29 is 14.3 Å². The Morgan fingerprint density at radius 3 is 2.52 bits per heavy atom. The zero-order valence-corrected chi connectivity index (χ0v) is 12.6. The summed E-state index contributed by atoms with van der Waals surface area (Å²) >= 11 is 0. The second kappa shape index (κ2) is 5.96. The average molecular weight is 308 g/mol. The number of benzene rings is 2. The van der Waals surface area contributed by atoms with Crippen LogP contribution in [0, 0.1) is 0 Å². The van der Waals surface area contributed by atoms with Crippen molar-refractivity contribution >= 4 is 17.3 Å². The molecule has 0 fully saturated rings. The van der Waals surface area contributed by atoms with Gasteiger partial charge in [0.05, 0.1) is 5.57 Å². The van der Waals surface area contributed by atoms with Crippen LogP contribution < -0.4 is 11.1 Å². The first-order chi connectivity index (χ1) is 11.1. The topological polar surface area (TPSA) is 81.4 Å². The van der Waals surface area contributed by atoms with Crippen LogP contribution in [0.5, 0.6) is 0 Å². The minimum atomic E-state index is -0.689. The molecule has 0 aliphatic carbocycles.